The monoisotopic (exact) mass is 377 g/mol. The SMILES string of the molecule is CCC(C(=O)NC(c1ccccc1)c1ccccc1OC)n1nc(C)cc1C. The molecule has 0 spiro atoms. The van der Waals surface area contributed by atoms with Crippen LogP contribution in [0.1, 0.15) is 47.9 Å². The van der Waals surface area contributed by atoms with E-state index >= 15 is 0 Å². The first-order valence-corrected chi connectivity index (χ1v) is 9.56. The van der Waals surface area contributed by atoms with E-state index in [1.165, 1.54) is 0 Å². The van der Waals surface area contributed by atoms with Crippen LogP contribution in [-0.4, -0.2) is 22.8 Å². The molecule has 3 aromatic rings. The van der Waals surface area contributed by atoms with E-state index in [2.05, 4.69) is 10.4 Å². The third-order valence-corrected chi connectivity index (χ3v) is 4.90. The van der Waals surface area contributed by atoms with Gasteiger partial charge in [-0.1, -0.05) is 55.5 Å². The molecule has 0 bridgehead atoms. The Bertz CT molecular complexity index is 934. The molecule has 0 fully saturated rings. The molecule has 1 heterocycles. The number of methoxy groups -OCH3 is 1. The van der Waals surface area contributed by atoms with Crippen molar-refractivity contribution in [3.63, 3.8) is 0 Å². The number of rotatable bonds is 7. The van der Waals surface area contributed by atoms with Crippen molar-refractivity contribution in [3.05, 3.63) is 83.2 Å². The van der Waals surface area contributed by atoms with Crippen molar-refractivity contribution in [1.29, 1.82) is 0 Å². The molecule has 146 valence electrons. The lowest BCUT2D eigenvalue weighted by Gasteiger charge is -2.25. The van der Waals surface area contributed by atoms with Gasteiger partial charge in [0.25, 0.3) is 0 Å². The second kappa shape index (κ2) is 8.74. The number of hydrogen-bond acceptors (Lipinski definition) is 3. The van der Waals surface area contributed by atoms with E-state index in [9.17, 15) is 4.79 Å². The third-order valence-electron chi connectivity index (χ3n) is 4.90. The molecule has 2 aromatic carbocycles. The summed E-state index contributed by atoms with van der Waals surface area (Å²) in [7, 11) is 1.65. The smallest absolute Gasteiger partial charge is 0.245 e. The van der Waals surface area contributed by atoms with Gasteiger partial charge in [-0.15, -0.1) is 0 Å². The Morgan fingerprint density at radius 3 is 2.39 bits per heavy atom. The summed E-state index contributed by atoms with van der Waals surface area (Å²) in [5.74, 6) is 0.685. The fourth-order valence-corrected chi connectivity index (χ4v) is 3.56. The van der Waals surface area contributed by atoms with Crippen LogP contribution < -0.4 is 10.1 Å². The van der Waals surface area contributed by atoms with Gasteiger partial charge in [-0.2, -0.15) is 5.10 Å². The average Bonchev–Trinajstić information content (AvgIpc) is 3.05. The predicted octanol–water partition coefficient (Wildman–Crippen LogP) is 4.37. The average molecular weight is 377 g/mol. The number of para-hydroxylation sites is 1. The highest BCUT2D eigenvalue weighted by Gasteiger charge is 2.26. The van der Waals surface area contributed by atoms with Gasteiger partial charge >= 0.3 is 0 Å². The molecule has 0 radical (unpaired) electrons. The van der Waals surface area contributed by atoms with Crippen LogP contribution in [-0.2, 0) is 4.79 Å². The molecule has 2 unspecified atom stereocenters. The maximum atomic E-state index is 13.3. The van der Waals surface area contributed by atoms with E-state index in [0.29, 0.717) is 6.42 Å². The zero-order valence-electron chi connectivity index (χ0n) is 16.8. The molecule has 0 aliphatic heterocycles. The summed E-state index contributed by atoms with van der Waals surface area (Å²) in [5, 5.41) is 7.75. The van der Waals surface area contributed by atoms with E-state index in [1.54, 1.807) is 7.11 Å². The van der Waals surface area contributed by atoms with Crippen LogP contribution in [0.3, 0.4) is 0 Å². The summed E-state index contributed by atoms with van der Waals surface area (Å²) >= 11 is 0. The topological polar surface area (TPSA) is 56.1 Å². The Morgan fingerprint density at radius 1 is 1.11 bits per heavy atom. The van der Waals surface area contributed by atoms with Crippen LogP contribution >= 0.6 is 0 Å². The first-order chi connectivity index (χ1) is 13.5. The van der Waals surface area contributed by atoms with Gasteiger partial charge in [-0.05, 0) is 38.0 Å². The van der Waals surface area contributed by atoms with Gasteiger partial charge in [0.1, 0.15) is 11.8 Å². The lowest BCUT2D eigenvalue weighted by atomic mass is 9.97. The summed E-state index contributed by atoms with van der Waals surface area (Å²) in [4.78, 5) is 13.3. The fraction of sp³-hybridized carbons (Fsp3) is 0.304. The third kappa shape index (κ3) is 4.09. The molecule has 3 rings (SSSR count). The van der Waals surface area contributed by atoms with E-state index in [1.807, 2.05) is 86.1 Å². The summed E-state index contributed by atoms with van der Waals surface area (Å²) in [6, 6.07) is 19.0. The van der Waals surface area contributed by atoms with Gasteiger partial charge in [-0.3, -0.25) is 9.48 Å². The molecule has 0 saturated carbocycles. The summed E-state index contributed by atoms with van der Waals surface area (Å²) in [5.41, 5.74) is 3.82. The minimum Gasteiger partial charge on any atom is -0.496 e. The Kier molecular flexibility index (Phi) is 6.14. The van der Waals surface area contributed by atoms with Crippen molar-refractivity contribution in [2.45, 2.75) is 39.3 Å². The molecule has 1 aromatic heterocycles. The van der Waals surface area contributed by atoms with Crippen molar-refractivity contribution >= 4 is 5.91 Å². The van der Waals surface area contributed by atoms with Crippen molar-refractivity contribution in [2.24, 2.45) is 0 Å². The maximum absolute atomic E-state index is 13.3. The number of hydrogen-bond donors (Lipinski definition) is 1. The predicted molar refractivity (Wildman–Crippen MR) is 110 cm³/mol. The van der Waals surface area contributed by atoms with Crippen molar-refractivity contribution in [3.8, 4) is 5.75 Å². The van der Waals surface area contributed by atoms with Crippen LogP contribution in [0.2, 0.25) is 0 Å². The highest BCUT2D eigenvalue weighted by atomic mass is 16.5. The molecule has 0 aliphatic carbocycles. The first kappa shape index (κ1) is 19.7. The normalized spacial score (nSPS) is 13.0. The van der Waals surface area contributed by atoms with Gasteiger partial charge in [-0.25, -0.2) is 0 Å². The molecule has 2 atom stereocenters. The molecular formula is C23H27N3O2. The summed E-state index contributed by atoms with van der Waals surface area (Å²) in [6.07, 6.45) is 0.654. The molecule has 1 N–H and O–H groups in total. The molecule has 5 nitrogen and oxygen atoms in total. The van der Waals surface area contributed by atoms with Crippen molar-refractivity contribution in [2.75, 3.05) is 7.11 Å². The largest absolute Gasteiger partial charge is 0.496 e. The highest BCUT2D eigenvalue weighted by Crippen LogP contribution is 2.30. The highest BCUT2D eigenvalue weighted by molar-refractivity contribution is 5.81. The lowest BCUT2D eigenvalue weighted by Crippen LogP contribution is -2.36. The first-order valence-electron chi connectivity index (χ1n) is 9.56. The Balaban J connectivity index is 1.97. The molecule has 0 aliphatic rings. The van der Waals surface area contributed by atoms with E-state index < -0.39 is 0 Å². The maximum Gasteiger partial charge on any atom is 0.245 e. The molecular weight excluding hydrogens is 350 g/mol. The van der Waals surface area contributed by atoms with Crippen LogP contribution in [0.25, 0.3) is 0 Å². The van der Waals surface area contributed by atoms with Gasteiger partial charge in [0.05, 0.1) is 18.8 Å². The molecule has 1 amide bonds. The zero-order chi connectivity index (χ0) is 20.1. The minimum absolute atomic E-state index is 0.0616. The van der Waals surface area contributed by atoms with E-state index in [-0.39, 0.29) is 18.0 Å². The summed E-state index contributed by atoms with van der Waals surface area (Å²) < 4.78 is 7.37. The number of carbonyl (C=O) groups is 1. The van der Waals surface area contributed by atoms with Crippen LogP contribution in [0.5, 0.6) is 5.75 Å². The molecule has 28 heavy (non-hydrogen) atoms. The number of ether oxygens (including phenoxy) is 1. The second-order valence-corrected chi connectivity index (χ2v) is 6.89. The fourth-order valence-electron chi connectivity index (χ4n) is 3.56. The van der Waals surface area contributed by atoms with E-state index in [4.69, 9.17) is 4.74 Å². The Hall–Kier alpha value is -3.08. The standard InChI is InChI=1S/C23H27N3O2/c1-5-20(26-17(3)15-16(2)25-26)23(27)24-22(18-11-7-6-8-12-18)19-13-9-10-14-21(19)28-4/h6-15,20,22H,5H2,1-4H3,(H,24,27). The van der Waals surface area contributed by atoms with Crippen molar-refractivity contribution < 1.29 is 9.53 Å². The molecule has 0 saturated heterocycles. The van der Waals surface area contributed by atoms with Crippen LogP contribution in [0.15, 0.2) is 60.7 Å². The number of benzene rings is 2. The van der Waals surface area contributed by atoms with Crippen molar-refractivity contribution in [1.82, 2.24) is 15.1 Å². The number of aromatic nitrogens is 2. The quantitative estimate of drug-likeness (QED) is 0.665. The Morgan fingerprint density at radius 2 is 1.79 bits per heavy atom. The van der Waals surface area contributed by atoms with Gasteiger partial charge in [0.15, 0.2) is 0 Å². The number of nitrogens with zero attached hydrogens (tertiary/aromatic N) is 2. The zero-order valence-corrected chi connectivity index (χ0v) is 16.8. The second-order valence-electron chi connectivity index (χ2n) is 6.89. The van der Waals surface area contributed by atoms with Crippen LogP contribution in [0, 0.1) is 13.8 Å². The number of carbonyl (C=O) groups excluding carboxylic acids is 1. The summed E-state index contributed by atoms with van der Waals surface area (Å²) in [6.45, 7) is 5.92. The number of aryl methyl sites for hydroxylation is 2. The van der Waals surface area contributed by atoms with E-state index in [0.717, 1.165) is 28.3 Å². The Labute approximate surface area is 166 Å². The lowest BCUT2D eigenvalue weighted by molar-refractivity contribution is -0.125. The number of nitrogens with one attached hydrogen (secondary N) is 1. The minimum atomic E-state index is -0.366. The van der Waals surface area contributed by atoms with Gasteiger partial charge < -0.3 is 10.1 Å². The van der Waals surface area contributed by atoms with Crippen LogP contribution in [0.4, 0.5) is 0 Å². The molecule has 5 heteroatoms. The number of amides is 1. The van der Waals surface area contributed by atoms with Gasteiger partial charge in [0.2, 0.25) is 5.91 Å². The van der Waals surface area contributed by atoms with Gasteiger partial charge in [0, 0.05) is 11.3 Å².